The molecule has 53 heavy (non-hydrogen) atoms. The molecule has 0 saturated heterocycles. The highest BCUT2D eigenvalue weighted by molar-refractivity contribution is 7.92. The van der Waals surface area contributed by atoms with Gasteiger partial charge in [0.15, 0.2) is 11.6 Å². The maximum absolute atomic E-state index is 13.7. The fraction of sp³-hybridized carbons (Fsp3) is 0.308. The fourth-order valence-electron chi connectivity index (χ4n) is 5.82. The Bertz CT molecular complexity index is 2220. The maximum atomic E-state index is 13.7. The first-order chi connectivity index (χ1) is 25.2. The van der Waals surface area contributed by atoms with Crippen molar-refractivity contribution in [3.8, 4) is 11.3 Å². The van der Waals surface area contributed by atoms with E-state index in [0.29, 0.717) is 27.6 Å². The number of ketones is 3. The van der Waals surface area contributed by atoms with Gasteiger partial charge in [-0.05, 0) is 73.2 Å². The number of benzene rings is 3. The highest BCUT2D eigenvalue weighted by Gasteiger charge is 2.34. The summed E-state index contributed by atoms with van der Waals surface area (Å²) in [6.07, 6.45) is 2.99. The molecule has 0 atom stereocenters. The zero-order chi connectivity index (χ0) is 38.4. The van der Waals surface area contributed by atoms with Crippen molar-refractivity contribution in [2.75, 3.05) is 23.7 Å². The summed E-state index contributed by atoms with van der Waals surface area (Å²) in [5, 5.41) is 13.5. The number of fused-ring (bicyclic) bond motifs is 1. The zero-order valence-corrected chi connectivity index (χ0v) is 30.3. The van der Waals surface area contributed by atoms with Gasteiger partial charge in [0.2, 0.25) is 15.9 Å². The maximum Gasteiger partial charge on any atom is 0.379 e. The van der Waals surface area contributed by atoms with Crippen molar-refractivity contribution in [1.82, 2.24) is 5.32 Å². The largest absolute Gasteiger partial charge is 0.507 e. The highest BCUT2D eigenvalue weighted by atomic mass is 32.2. The molecule has 3 aromatic carbocycles. The molecule has 1 aliphatic rings. The molecule has 0 unspecified atom stereocenters. The van der Waals surface area contributed by atoms with Crippen LogP contribution in [-0.2, 0) is 40.5 Å². The van der Waals surface area contributed by atoms with Gasteiger partial charge in [-0.15, -0.1) is 0 Å². The highest BCUT2D eigenvalue weighted by Crippen LogP contribution is 2.48. The van der Waals surface area contributed by atoms with Crippen molar-refractivity contribution in [3.63, 3.8) is 0 Å². The summed E-state index contributed by atoms with van der Waals surface area (Å²) in [5.74, 6) is -4.00. The van der Waals surface area contributed by atoms with E-state index < -0.39 is 51.6 Å². The van der Waals surface area contributed by atoms with E-state index in [1.54, 1.807) is 32.0 Å². The van der Waals surface area contributed by atoms with E-state index in [1.807, 2.05) is 0 Å². The molecule has 2 N–H and O–H groups in total. The van der Waals surface area contributed by atoms with Gasteiger partial charge in [0.05, 0.1) is 30.7 Å². The minimum atomic E-state index is -4.01. The van der Waals surface area contributed by atoms with Crippen molar-refractivity contribution < 1.29 is 51.0 Å². The zero-order valence-electron chi connectivity index (χ0n) is 29.4. The Morgan fingerprint density at radius 1 is 1.02 bits per heavy atom. The second-order valence-electron chi connectivity index (χ2n) is 12.7. The third-order valence-corrected chi connectivity index (χ3v) is 9.76. The molecule has 1 amide bonds. The van der Waals surface area contributed by atoms with Crippen molar-refractivity contribution in [3.05, 3.63) is 94.8 Å². The average Bonchev–Trinajstić information content (AvgIpc) is 3.91. The van der Waals surface area contributed by atoms with Crippen LogP contribution in [0.15, 0.2) is 71.2 Å². The number of ether oxygens (including phenoxy) is 1. The standard InChI is InChI=1S/C39H39FN2O10S/c1-4-32(44)37-30-18-29(24-9-10-24)31(19-35(30)52-38(37)25-11-13-27(40)14-12-25)42(53(3,49)50)22-28(43)15-16-36(47)41-21-23-7-6-8-26(17-23)33(45)20-34(46)39(48)51-5-2/h6-8,11-14,17-20,24,45H,4-5,9-10,15-16,21-22H2,1-3H3,(H,41,47). The molecule has 0 radical (unpaired) electrons. The molecular formula is C39H39FN2O10S. The smallest absolute Gasteiger partial charge is 0.379 e. The topological polar surface area (TPSA) is 177 Å². The summed E-state index contributed by atoms with van der Waals surface area (Å²) in [4.78, 5) is 62.6. The van der Waals surface area contributed by atoms with Crippen LogP contribution >= 0.6 is 0 Å². The lowest BCUT2D eigenvalue weighted by atomic mass is 9.97. The molecule has 14 heteroatoms. The van der Waals surface area contributed by atoms with E-state index >= 15 is 0 Å². The summed E-state index contributed by atoms with van der Waals surface area (Å²) >= 11 is 0. The third-order valence-electron chi connectivity index (χ3n) is 8.64. The number of nitrogens with zero attached hydrogens (tertiary/aromatic N) is 1. The first-order valence-electron chi connectivity index (χ1n) is 17.1. The second-order valence-corrected chi connectivity index (χ2v) is 14.6. The number of furan rings is 1. The summed E-state index contributed by atoms with van der Waals surface area (Å²) < 4.78 is 51.9. The van der Waals surface area contributed by atoms with Gasteiger partial charge < -0.3 is 19.6 Å². The van der Waals surface area contributed by atoms with Crippen molar-refractivity contribution in [1.29, 1.82) is 0 Å². The van der Waals surface area contributed by atoms with Gasteiger partial charge in [0, 0.05) is 54.5 Å². The van der Waals surface area contributed by atoms with Crippen LogP contribution in [0.3, 0.4) is 0 Å². The normalized spacial score (nSPS) is 13.1. The van der Waals surface area contributed by atoms with Gasteiger partial charge >= 0.3 is 5.97 Å². The molecule has 0 spiro atoms. The number of aliphatic hydroxyl groups excluding tert-OH is 1. The minimum absolute atomic E-state index is 0.00207. The second kappa shape index (κ2) is 16.4. The monoisotopic (exact) mass is 746 g/mol. The van der Waals surface area contributed by atoms with Crippen molar-refractivity contribution in [2.24, 2.45) is 0 Å². The number of halogens is 1. The predicted molar refractivity (Wildman–Crippen MR) is 195 cm³/mol. The van der Waals surface area contributed by atoms with Crippen LogP contribution in [0.25, 0.3) is 28.1 Å². The number of anilines is 1. The molecule has 0 aliphatic heterocycles. The van der Waals surface area contributed by atoms with Crippen molar-refractivity contribution in [2.45, 2.75) is 58.4 Å². The number of hydrogen-bond donors (Lipinski definition) is 2. The first-order valence-corrected chi connectivity index (χ1v) is 18.9. The number of carbonyl (C=O) groups is 5. The van der Waals surface area contributed by atoms with Crippen molar-refractivity contribution >= 4 is 61.7 Å². The third kappa shape index (κ3) is 9.43. The van der Waals surface area contributed by atoms with Crippen LogP contribution in [0, 0.1) is 5.82 Å². The lowest BCUT2D eigenvalue weighted by Gasteiger charge is -2.24. The minimum Gasteiger partial charge on any atom is -0.507 e. The van der Waals surface area contributed by atoms with E-state index in [-0.39, 0.29) is 66.7 Å². The molecule has 0 bridgehead atoms. The molecule has 12 nitrogen and oxygen atoms in total. The van der Waals surface area contributed by atoms with E-state index in [2.05, 4.69) is 10.1 Å². The molecule has 1 aromatic heterocycles. The van der Waals surface area contributed by atoms with E-state index in [4.69, 9.17) is 4.42 Å². The number of esters is 1. The quantitative estimate of drug-likeness (QED) is 0.0418. The first kappa shape index (κ1) is 38.6. The number of carbonyl (C=O) groups excluding carboxylic acids is 5. The summed E-state index contributed by atoms with van der Waals surface area (Å²) in [6.45, 7) is 2.74. The molecule has 278 valence electrons. The number of sulfonamides is 1. The van der Waals surface area contributed by atoms with Crippen LogP contribution in [0.2, 0.25) is 0 Å². The van der Waals surface area contributed by atoms with Crippen LogP contribution in [-0.4, -0.2) is 62.2 Å². The number of rotatable bonds is 17. The predicted octanol–water partition coefficient (Wildman–Crippen LogP) is 6.17. The van der Waals surface area contributed by atoms with E-state index in [9.17, 15) is 41.9 Å². The Balaban J connectivity index is 1.30. The summed E-state index contributed by atoms with van der Waals surface area (Å²) in [5.41, 5.74) is 2.71. The van der Waals surface area contributed by atoms with Gasteiger partial charge in [0.1, 0.15) is 22.9 Å². The SMILES string of the molecule is CCOC(=O)C(=O)C=C(O)c1cccc(CNC(=O)CCC(=O)CN(c2cc3oc(-c4ccc(F)cc4)c(C(=O)CC)c3cc2C2CC2)S(C)(=O)=O)c1. The molecule has 1 aliphatic carbocycles. The Kier molecular flexibility index (Phi) is 11.9. The van der Waals surface area contributed by atoms with Gasteiger partial charge in [-0.2, -0.15) is 0 Å². The molecule has 1 fully saturated rings. The van der Waals surface area contributed by atoms with Crippen LogP contribution < -0.4 is 9.62 Å². The Morgan fingerprint density at radius 2 is 1.74 bits per heavy atom. The Hall–Kier alpha value is -5.63. The average molecular weight is 747 g/mol. The molecule has 4 aromatic rings. The van der Waals surface area contributed by atoms with Crippen LogP contribution in [0.5, 0.6) is 0 Å². The summed E-state index contributed by atoms with van der Waals surface area (Å²) in [6, 6.07) is 15.0. The lowest BCUT2D eigenvalue weighted by Crippen LogP contribution is -2.36. The van der Waals surface area contributed by atoms with E-state index in [0.717, 1.165) is 29.5 Å². The van der Waals surface area contributed by atoms with E-state index in [1.165, 1.54) is 42.5 Å². The molecule has 1 saturated carbocycles. The number of Topliss-reactive ketones (excluding diaryl/α,β-unsaturated/α-hetero) is 2. The van der Waals surface area contributed by atoms with Gasteiger partial charge in [0.25, 0.3) is 5.78 Å². The number of amides is 1. The van der Waals surface area contributed by atoms with Crippen LogP contribution in [0.4, 0.5) is 10.1 Å². The van der Waals surface area contributed by atoms with Gasteiger partial charge in [-0.3, -0.25) is 23.5 Å². The lowest BCUT2D eigenvalue weighted by molar-refractivity contribution is -0.151. The fourth-order valence-corrected chi connectivity index (χ4v) is 6.71. The molecule has 5 rings (SSSR count). The van der Waals surface area contributed by atoms with Crippen LogP contribution in [0.1, 0.15) is 78.9 Å². The van der Waals surface area contributed by atoms with Gasteiger partial charge in [-0.25, -0.2) is 17.6 Å². The number of nitrogens with one attached hydrogen (secondary N) is 1. The van der Waals surface area contributed by atoms with Gasteiger partial charge in [-0.1, -0.05) is 25.1 Å². The number of aliphatic hydroxyl groups is 1. The molecule has 1 heterocycles. The number of hydrogen-bond acceptors (Lipinski definition) is 10. The summed E-state index contributed by atoms with van der Waals surface area (Å²) in [7, 11) is -4.01. The Labute approximate surface area is 305 Å². The molecular weight excluding hydrogens is 707 g/mol. The Morgan fingerprint density at radius 3 is 2.38 bits per heavy atom.